The first-order valence-corrected chi connectivity index (χ1v) is 11.3. The molecular formula is C18H19Cl2N3O4S. The van der Waals surface area contributed by atoms with Crippen molar-refractivity contribution < 1.29 is 13.2 Å². The lowest BCUT2D eigenvalue weighted by Gasteiger charge is -2.42. The summed E-state index contributed by atoms with van der Waals surface area (Å²) < 4.78 is 34.8. The largest absolute Gasteiger partial charge is 0.375 e. The predicted molar refractivity (Wildman–Crippen MR) is 106 cm³/mol. The summed E-state index contributed by atoms with van der Waals surface area (Å²) in [7, 11) is -3.66. The molecule has 1 aromatic heterocycles. The Labute approximate surface area is 172 Å². The van der Waals surface area contributed by atoms with Crippen molar-refractivity contribution in [2.45, 2.75) is 42.7 Å². The van der Waals surface area contributed by atoms with Gasteiger partial charge in [-0.1, -0.05) is 36.0 Å². The Hall–Kier alpha value is -1.45. The van der Waals surface area contributed by atoms with Crippen molar-refractivity contribution in [1.29, 1.82) is 0 Å². The Bertz CT molecular complexity index is 1040. The van der Waals surface area contributed by atoms with Gasteiger partial charge in [-0.3, -0.25) is 4.79 Å². The molecule has 1 saturated carbocycles. The first kappa shape index (κ1) is 19.8. The number of fused-ring (bicyclic) bond motifs is 1. The first-order valence-electron chi connectivity index (χ1n) is 9.07. The van der Waals surface area contributed by atoms with Gasteiger partial charge in [-0.05, 0) is 37.1 Å². The highest BCUT2D eigenvalue weighted by atomic mass is 35.5. The molecule has 28 heavy (non-hydrogen) atoms. The number of halogens is 2. The quantitative estimate of drug-likeness (QED) is 0.728. The molecule has 1 aromatic carbocycles. The highest BCUT2D eigenvalue weighted by Gasteiger charge is 2.40. The molecule has 4 rings (SSSR count). The zero-order valence-electron chi connectivity index (χ0n) is 14.9. The molecule has 0 spiro atoms. The number of rotatable bonds is 3. The number of benzene rings is 1. The van der Waals surface area contributed by atoms with E-state index in [0.29, 0.717) is 18.8 Å². The Kier molecular flexibility index (Phi) is 5.50. The molecule has 0 radical (unpaired) electrons. The van der Waals surface area contributed by atoms with E-state index in [1.54, 1.807) is 4.31 Å². The van der Waals surface area contributed by atoms with Crippen molar-refractivity contribution in [3.63, 3.8) is 0 Å². The average molecular weight is 444 g/mol. The predicted octanol–water partition coefficient (Wildman–Crippen LogP) is 2.87. The van der Waals surface area contributed by atoms with Gasteiger partial charge in [0.2, 0.25) is 10.0 Å². The average Bonchev–Trinajstić information content (AvgIpc) is 2.72. The van der Waals surface area contributed by atoms with E-state index in [2.05, 4.69) is 5.10 Å². The minimum atomic E-state index is -3.66. The van der Waals surface area contributed by atoms with Gasteiger partial charge in [-0.25, -0.2) is 8.42 Å². The summed E-state index contributed by atoms with van der Waals surface area (Å²) in [5, 5.41) is 3.89. The molecule has 1 aliphatic carbocycles. The summed E-state index contributed by atoms with van der Waals surface area (Å²) in [4.78, 5) is 12.4. The maximum atomic E-state index is 13.2. The van der Waals surface area contributed by atoms with Crippen LogP contribution in [0.25, 0.3) is 5.69 Å². The van der Waals surface area contributed by atoms with Gasteiger partial charge in [0.15, 0.2) is 0 Å². The SMILES string of the molecule is O=c1c(Cl)c(Cl)cnn1-c1ccc(S(=O)(=O)N2CCO[C@H]3CCCC[C@@H]32)cc1. The normalized spacial score (nSPS) is 23.4. The molecule has 0 bridgehead atoms. The molecule has 0 amide bonds. The fraction of sp³-hybridized carbons (Fsp3) is 0.444. The van der Waals surface area contributed by atoms with Crippen LogP contribution < -0.4 is 5.56 Å². The van der Waals surface area contributed by atoms with Gasteiger partial charge in [0.1, 0.15) is 5.02 Å². The van der Waals surface area contributed by atoms with Gasteiger partial charge in [0.25, 0.3) is 5.56 Å². The van der Waals surface area contributed by atoms with Gasteiger partial charge in [-0.2, -0.15) is 14.1 Å². The maximum absolute atomic E-state index is 13.2. The van der Waals surface area contributed by atoms with Gasteiger partial charge >= 0.3 is 0 Å². The molecule has 10 heteroatoms. The third-order valence-electron chi connectivity index (χ3n) is 5.25. The van der Waals surface area contributed by atoms with Gasteiger partial charge in [0, 0.05) is 6.54 Å². The molecule has 2 aromatic rings. The lowest BCUT2D eigenvalue weighted by Crippen LogP contribution is -2.54. The van der Waals surface area contributed by atoms with Gasteiger partial charge in [-0.15, -0.1) is 0 Å². The number of ether oxygens (including phenoxy) is 1. The monoisotopic (exact) mass is 443 g/mol. The van der Waals surface area contributed by atoms with Crippen LogP contribution in [0.1, 0.15) is 25.7 Å². The molecule has 2 heterocycles. The summed E-state index contributed by atoms with van der Waals surface area (Å²) in [6.07, 6.45) is 5.01. The van der Waals surface area contributed by atoms with Crippen molar-refractivity contribution in [2.24, 2.45) is 0 Å². The van der Waals surface area contributed by atoms with Crippen LogP contribution in [0.5, 0.6) is 0 Å². The van der Waals surface area contributed by atoms with Crippen molar-refractivity contribution in [3.8, 4) is 5.69 Å². The summed E-state index contributed by atoms with van der Waals surface area (Å²) in [6.45, 7) is 0.750. The van der Waals surface area contributed by atoms with Crippen LogP contribution in [0.3, 0.4) is 0 Å². The molecule has 2 aliphatic rings. The molecule has 7 nitrogen and oxygen atoms in total. The molecule has 1 aliphatic heterocycles. The lowest BCUT2D eigenvalue weighted by molar-refractivity contribution is -0.0586. The fourth-order valence-corrected chi connectivity index (χ4v) is 5.77. The minimum Gasteiger partial charge on any atom is -0.375 e. The molecule has 2 fully saturated rings. The summed E-state index contributed by atoms with van der Waals surface area (Å²) >= 11 is 11.7. The van der Waals surface area contributed by atoms with Crippen LogP contribution in [0.2, 0.25) is 10.0 Å². The smallest absolute Gasteiger partial charge is 0.291 e. The maximum Gasteiger partial charge on any atom is 0.291 e. The van der Waals surface area contributed by atoms with Gasteiger partial charge < -0.3 is 4.74 Å². The second kappa shape index (κ2) is 7.76. The van der Waals surface area contributed by atoms with Crippen molar-refractivity contribution in [1.82, 2.24) is 14.1 Å². The minimum absolute atomic E-state index is 0.0319. The van der Waals surface area contributed by atoms with E-state index in [1.807, 2.05) is 0 Å². The standard InChI is InChI=1S/C18H19Cl2N3O4S/c19-14-11-21-23(18(24)17(14)20)12-5-7-13(8-6-12)28(25,26)22-9-10-27-16-4-2-1-3-15(16)22/h5-8,11,15-16H,1-4,9-10H2/t15-,16-/m0/s1. The molecular weight excluding hydrogens is 425 g/mol. The zero-order valence-corrected chi connectivity index (χ0v) is 17.3. The van der Waals surface area contributed by atoms with Crippen LogP contribution in [0, 0.1) is 0 Å². The van der Waals surface area contributed by atoms with Crippen LogP contribution in [0.15, 0.2) is 40.2 Å². The fourth-order valence-electron chi connectivity index (χ4n) is 3.85. The second-order valence-corrected chi connectivity index (χ2v) is 9.57. The number of hydrogen-bond donors (Lipinski definition) is 0. The summed E-state index contributed by atoms with van der Waals surface area (Å²) in [5.74, 6) is 0. The highest BCUT2D eigenvalue weighted by Crippen LogP contribution is 2.32. The van der Waals surface area contributed by atoms with Crippen LogP contribution >= 0.6 is 23.2 Å². The zero-order chi connectivity index (χ0) is 19.9. The van der Waals surface area contributed by atoms with E-state index < -0.39 is 15.6 Å². The van der Waals surface area contributed by atoms with E-state index in [1.165, 1.54) is 30.5 Å². The van der Waals surface area contributed by atoms with Crippen LogP contribution in [-0.4, -0.2) is 47.8 Å². The molecule has 2 atom stereocenters. The molecule has 0 unspecified atom stereocenters. The van der Waals surface area contributed by atoms with Crippen molar-refractivity contribution in [2.75, 3.05) is 13.2 Å². The third-order valence-corrected chi connectivity index (χ3v) is 7.93. The van der Waals surface area contributed by atoms with E-state index in [-0.39, 0.29) is 27.1 Å². The van der Waals surface area contributed by atoms with Crippen LogP contribution in [-0.2, 0) is 14.8 Å². The Balaban J connectivity index is 1.65. The summed E-state index contributed by atoms with van der Waals surface area (Å²) in [5.41, 5.74) is -0.164. The highest BCUT2D eigenvalue weighted by molar-refractivity contribution is 7.89. The summed E-state index contributed by atoms with van der Waals surface area (Å²) in [6, 6.07) is 5.91. The molecule has 150 valence electrons. The van der Waals surface area contributed by atoms with Crippen molar-refractivity contribution >= 4 is 33.2 Å². The number of nitrogens with zero attached hydrogens (tertiary/aromatic N) is 3. The van der Waals surface area contributed by atoms with Crippen LogP contribution in [0.4, 0.5) is 0 Å². The lowest BCUT2D eigenvalue weighted by atomic mass is 9.91. The third kappa shape index (κ3) is 3.48. The Morgan fingerprint density at radius 1 is 1.11 bits per heavy atom. The van der Waals surface area contributed by atoms with Gasteiger partial charge in [0.05, 0.1) is 40.6 Å². The number of sulfonamides is 1. The topological polar surface area (TPSA) is 81.5 Å². The Morgan fingerprint density at radius 2 is 1.82 bits per heavy atom. The van der Waals surface area contributed by atoms with E-state index in [9.17, 15) is 13.2 Å². The number of hydrogen-bond acceptors (Lipinski definition) is 5. The molecule has 1 saturated heterocycles. The van der Waals surface area contributed by atoms with E-state index in [4.69, 9.17) is 27.9 Å². The van der Waals surface area contributed by atoms with Crippen molar-refractivity contribution in [3.05, 3.63) is 50.9 Å². The second-order valence-electron chi connectivity index (χ2n) is 6.89. The Morgan fingerprint density at radius 3 is 2.57 bits per heavy atom. The first-order chi connectivity index (χ1) is 13.4. The number of aromatic nitrogens is 2. The van der Waals surface area contributed by atoms with E-state index >= 15 is 0 Å². The molecule has 0 N–H and O–H groups in total. The van der Waals surface area contributed by atoms with E-state index in [0.717, 1.165) is 30.4 Å². The number of morpholine rings is 1.